The molecule has 0 aliphatic carbocycles. The largest absolute Gasteiger partial charge is 0.444 e. The number of aromatic amines is 1. The quantitative estimate of drug-likeness (QED) is 0.395. The smallest absolute Gasteiger partial charge is 0.408 e. The molecule has 3 N–H and O–H groups in total. The minimum Gasteiger partial charge on any atom is -0.444 e. The van der Waals surface area contributed by atoms with E-state index in [9.17, 15) is 14.7 Å². The predicted molar refractivity (Wildman–Crippen MR) is 151 cm³/mol. The van der Waals surface area contributed by atoms with Gasteiger partial charge in [-0.15, -0.1) is 11.3 Å². The molecule has 3 aromatic rings. The molecule has 1 aliphatic heterocycles. The van der Waals surface area contributed by atoms with Gasteiger partial charge in [-0.3, -0.25) is 4.79 Å². The number of aryl methyl sites for hydroxylation is 1. The number of amides is 2. The van der Waals surface area contributed by atoms with E-state index in [-0.39, 0.29) is 12.5 Å². The summed E-state index contributed by atoms with van der Waals surface area (Å²) in [6.45, 7) is 13.2. The zero-order valence-corrected chi connectivity index (χ0v) is 24.6. The molecule has 1 aromatic carbocycles. The number of aromatic nitrogens is 3. The number of rotatable bonds is 6. The fourth-order valence-corrected chi connectivity index (χ4v) is 5.62. The van der Waals surface area contributed by atoms with Gasteiger partial charge in [0, 0.05) is 31.3 Å². The molecule has 210 valence electrons. The zero-order chi connectivity index (χ0) is 28.5. The van der Waals surface area contributed by atoms with Gasteiger partial charge >= 0.3 is 6.09 Å². The minimum absolute atomic E-state index is 0.165. The third-order valence-electron chi connectivity index (χ3n) is 6.63. The summed E-state index contributed by atoms with van der Waals surface area (Å²) < 4.78 is 5.42. The number of benzene rings is 1. The van der Waals surface area contributed by atoms with E-state index < -0.39 is 35.3 Å². The van der Waals surface area contributed by atoms with Crippen molar-refractivity contribution in [3.05, 3.63) is 58.7 Å². The standard InChI is InChI=1S/C29H39N5O4S/c1-17-23(39-16-31-17)19-10-8-9-18(11-19)12-20-14-30-25(32-20)22-13-21(35)15-34(22)26(36)24(28(2,3)4)33-27(37)38-29(5,6)7/h8-11,14,16,21-22,24,35H,12-13,15H2,1-7H3,(H,30,32)(H,33,37)/t21-,22+,24-/m1/s1. The number of imidazole rings is 1. The Morgan fingerprint density at radius 1 is 1.23 bits per heavy atom. The lowest BCUT2D eigenvalue weighted by Gasteiger charge is -2.35. The number of ether oxygens (including phenoxy) is 1. The van der Waals surface area contributed by atoms with Gasteiger partial charge in [0.05, 0.1) is 28.2 Å². The van der Waals surface area contributed by atoms with Crippen LogP contribution in [0.25, 0.3) is 10.4 Å². The van der Waals surface area contributed by atoms with Crippen LogP contribution in [0.15, 0.2) is 36.0 Å². The van der Waals surface area contributed by atoms with E-state index in [2.05, 4.69) is 38.5 Å². The van der Waals surface area contributed by atoms with Gasteiger partial charge < -0.3 is 25.0 Å². The van der Waals surface area contributed by atoms with E-state index in [1.165, 1.54) is 0 Å². The summed E-state index contributed by atoms with van der Waals surface area (Å²) in [5.41, 5.74) is 4.77. The Bertz CT molecular complexity index is 1320. The molecule has 3 heterocycles. The molecule has 0 bridgehead atoms. The van der Waals surface area contributed by atoms with E-state index >= 15 is 0 Å². The minimum atomic E-state index is -0.840. The maximum absolute atomic E-state index is 13.8. The number of likely N-dealkylation sites (tertiary alicyclic amines) is 1. The van der Waals surface area contributed by atoms with Crippen molar-refractivity contribution >= 4 is 23.3 Å². The summed E-state index contributed by atoms with van der Waals surface area (Å²) in [5, 5.41) is 13.3. The molecule has 3 atom stereocenters. The highest BCUT2D eigenvalue weighted by atomic mass is 32.1. The monoisotopic (exact) mass is 553 g/mol. The van der Waals surface area contributed by atoms with Gasteiger partial charge in [0.1, 0.15) is 17.5 Å². The fourth-order valence-electron chi connectivity index (χ4n) is 4.81. The van der Waals surface area contributed by atoms with E-state index in [0.29, 0.717) is 18.7 Å². The van der Waals surface area contributed by atoms with Crippen LogP contribution in [0.2, 0.25) is 0 Å². The Balaban J connectivity index is 1.52. The van der Waals surface area contributed by atoms with Gasteiger partial charge in [0.15, 0.2) is 0 Å². The summed E-state index contributed by atoms with van der Waals surface area (Å²) in [4.78, 5) is 41.5. The molecule has 1 aliphatic rings. The molecular formula is C29H39N5O4S. The summed E-state index contributed by atoms with van der Waals surface area (Å²) in [7, 11) is 0. The number of H-pyrrole nitrogens is 1. The number of thiazole rings is 1. The second kappa shape index (κ2) is 11.1. The van der Waals surface area contributed by atoms with Crippen LogP contribution in [0.5, 0.6) is 0 Å². The molecular weight excluding hydrogens is 514 g/mol. The molecule has 0 unspecified atom stereocenters. The number of β-amino-alcohol motifs (C(OH)–C–C–N with tert-alkyl or cyclic N) is 1. The van der Waals surface area contributed by atoms with Gasteiger partial charge in [-0.2, -0.15) is 0 Å². The van der Waals surface area contributed by atoms with Gasteiger partial charge in [-0.25, -0.2) is 14.8 Å². The molecule has 2 aromatic heterocycles. The summed E-state index contributed by atoms with van der Waals surface area (Å²) >= 11 is 1.63. The first-order chi connectivity index (χ1) is 18.2. The highest BCUT2D eigenvalue weighted by molar-refractivity contribution is 7.13. The summed E-state index contributed by atoms with van der Waals surface area (Å²) in [6.07, 6.45) is 1.46. The third-order valence-corrected chi connectivity index (χ3v) is 7.61. The topological polar surface area (TPSA) is 120 Å². The van der Waals surface area contributed by atoms with Gasteiger partial charge in [-0.05, 0) is 50.3 Å². The second-order valence-electron chi connectivity index (χ2n) is 12.3. The summed E-state index contributed by atoms with van der Waals surface area (Å²) in [6, 6.07) is 7.09. The lowest BCUT2D eigenvalue weighted by atomic mass is 9.85. The van der Waals surface area contributed by atoms with Crippen LogP contribution in [-0.4, -0.2) is 61.3 Å². The Labute approximate surface area is 234 Å². The van der Waals surface area contributed by atoms with Crippen LogP contribution in [0, 0.1) is 12.3 Å². The average Bonchev–Trinajstić information content (AvgIpc) is 3.55. The highest BCUT2D eigenvalue weighted by Crippen LogP contribution is 2.34. The van der Waals surface area contributed by atoms with Crippen molar-refractivity contribution in [2.45, 2.75) is 85.1 Å². The summed E-state index contributed by atoms with van der Waals surface area (Å²) in [5.74, 6) is 0.342. The zero-order valence-electron chi connectivity index (χ0n) is 23.7. The number of nitrogens with one attached hydrogen (secondary N) is 2. The fraction of sp³-hybridized carbons (Fsp3) is 0.517. The van der Waals surface area contributed by atoms with Crippen molar-refractivity contribution in [3.8, 4) is 10.4 Å². The molecule has 0 radical (unpaired) electrons. The molecule has 9 nitrogen and oxygen atoms in total. The van der Waals surface area contributed by atoms with Crippen molar-refractivity contribution in [2.75, 3.05) is 6.54 Å². The maximum atomic E-state index is 13.8. The first kappa shape index (κ1) is 28.8. The Kier molecular flexibility index (Phi) is 8.18. The normalized spacial score (nSPS) is 18.7. The van der Waals surface area contributed by atoms with E-state index in [1.54, 1.807) is 43.2 Å². The van der Waals surface area contributed by atoms with Crippen molar-refractivity contribution in [3.63, 3.8) is 0 Å². The van der Waals surface area contributed by atoms with Crippen LogP contribution in [0.3, 0.4) is 0 Å². The number of aliphatic hydroxyl groups excluding tert-OH is 1. The number of hydrogen-bond acceptors (Lipinski definition) is 7. The number of aliphatic hydroxyl groups is 1. The molecule has 10 heteroatoms. The number of carbonyl (C=O) groups excluding carboxylic acids is 2. The van der Waals surface area contributed by atoms with E-state index in [4.69, 9.17) is 4.74 Å². The van der Waals surface area contributed by atoms with Crippen molar-refractivity contribution in [2.24, 2.45) is 5.41 Å². The molecule has 4 rings (SSSR count). The number of alkyl carbamates (subject to hydrolysis) is 1. The Morgan fingerprint density at radius 3 is 2.62 bits per heavy atom. The van der Waals surface area contributed by atoms with Crippen molar-refractivity contribution in [1.82, 2.24) is 25.2 Å². The number of carbonyl (C=O) groups is 2. The average molecular weight is 554 g/mol. The Morgan fingerprint density at radius 2 is 1.97 bits per heavy atom. The van der Waals surface area contributed by atoms with Gasteiger partial charge in [0.25, 0.3) is 0 Å². The second-order valence-corrected chi connectivity index (χ2v) is 13.1. The van der Waals surface area contributed by atoms with E-state index in [0.717, 1.165) is 27.4 Å². The Hall–Kier alpha value is -3.24. The van der Waals surface area contributed by atoms with Crippen LogP contribution in [-0.2, 0) is 16.0 Å². The SMILES string of the molecule is Cc1ncsc1-c1cccc(Cc2cnc([C@@H]3C[C@@H](O)CN3C(=O)[C@@H](NC(=O)OC(C)(C)C)C(C)(C)C)[nH]2)c1. The van der Waals surface area contributed by atoms with Crippen LogP contribution < -0.4 is 5.32 Å². The first-order valence-electron chi connectivity index (χ1n) is 13.2. The molecule has 1 saturated heterocycles. The number of nitrogens with zero attached hydrogens (tertiary/aromatic N) is 3. The van der Waals surface area contributed by atoms with Crippen LogP contribution in [0.4, 0.5) is 4.79 Å². The predicted octanol–water partition coefficient (Wildman–Crippen LogP) is 5.01. The first-order valence-corrected chi connectivity index (χ1v) is 14.1. The third kappa shape index (κ3) is 7.05. The van der Waals surface area contributed by atoms with Crippen LogP contribution >= 0.6 is 11.3 Å². The van der Waals surface area contributed by atoms with Gasteiger partial charge in [-0.1, -0.05) is 39.0 Å². The molecule has 0 spiro atoms. The lowest BCUT2D eigenvalue weighted by Crippen LogP contribution is -2.55. The molecule has 1 fully saturated rings. The van der Waals surface area contributed by atoms with Crippen molar-refractivity contribution in [1.29, 1.82) is 0 Å². The van der Waals surface area contributed by atoms with E-state index in [1.807, 2.05) is 39.3 Å². The molecule has 0 saturated carbocycles. The number of hydrogen-bond donors (Lipinski definition) is 3. The van der Waals surface area contributed by atoms with Crippen molar-refractivity contribution < 1.29 is 19.4 Å². The highest BCUT2D eigenvalue weighted by Gasteiger charge is 2.43. The maximum Gasteiger partial charge on any atom is 0.408 e. The van der Waals surface area contributed by atoms with Crippen LogP contribution in [0.1, 0.15) is 76.8 Å². The van der Waals surface area contributed by atoms with Gasteiger partial charge in [0.2, 0.25) is 5.91 Å². The molecule has 2 amide bonds. The lowest BCUT2D eigenvalue weighted by molar-refractivity contribution is -0.137. The molecule has 39 heavy (non-hydrogen) atoms.